The number of allylic oxidation sites excluding steroid dienone is 1. The number of ether oxygens (including phenoxy) is 1. The van der Waals surface area contributed by atoms with Crippen molar-refractivity contribution in [1.82, 2.24) is 15.2 Å². The largest absolute Gasteiger partial charge is 0.456 e. The third-order valence-electron chi connectivity index (χ3n) is 5.51. The summed E-state index contributed by atoms with van der Waals surface area (Å²) >= 11 is 1.46. The van der Waals surface area contributed by atoms with Crippen molar-refractivity contribution in [1.29, 1.82) is 0 Å². The minimum absolute atomic E-state index is 0.128. The predicted octanol–water partition coefficient (Wildman–Crippen LogP) is 5.01. The fourth-order valence-electron chi connectivity index (χ4n) is 4.04. The Kier molecular flexibility index (Phi) is 7.12. The zero-order valence-corrected chi connectivity index (χ0v) is 21.5. The molecule has 1 unspecified atom stereocenters. The van der Waals surface area contributed by atoms with Gasteiger partial charge in [0.05, 0.1) is 36.0 Å². The van der Waals surface area contributed by atoms with Crippen LogP contribution in [-0.4, -0.2) is 32.5 Å². The van der Waals surface area contributed by atoms with Crippen molar-refractivity contribution in [2.75, 3.05) is 0 Å². The van der Waals surface area contributed by atoms with Gasteiger partial charge >= 0.3 is 5.97 Å². The summed E-state index contributed by atoms with van der Waals surface area (Å²) in [6.45, 7) is 9.76. The second-order valence-corrected chi connectivity index (χ2v) is 10.4. The Morgan fingerprint density at radius 1 is 1.14 bits per heavy atom. The van der Waals surface area contributed by atoms with Crippen LogP contribution in [0.1, 0.15) is 57.0 Å². The van der Waals surface area contributed by atoms with Gasteiger partial charge in [-0.2, -0.15) is 0 Å². The zero-order valence-electron chi connectivity index (χ0n) is 20.7. The molecule has 0 aliphatic carbocycles. The molecule has 182 valence electrons. The summed E-state index contributed by atoms with van der Waals surface area (Å²) in [5, 5.41) is 5.62. The number of aromatic nitrogens is 1. The van der Waals surface area contributed by atoms with Gasteiger partial charge in [0, 0.05) is 11.9 Å². The molecule has 0 saturated carbocycles. The first kappa shape index (κ1) is 24.7. The number of benzene rings is 1. The first-order chi connectivity index (χ1) is 16.6. The third-order valence-corrected chi connectivity index (χ3v) is 6.40. The SMILES string of the molecule is CC1=C(C(=O)OC(C)(C)C)C(c2cccc(C)c2)N2C(CC(=O)NCc3ccccn3)=CSC2=N1. The van der Waals surface area contributed by atoms with Crippen LogP contribution >= 0.6 is 11.8 Å². The number of hydrogen-bond donors (Lipinski definition) is 1. The summed E-state index contributed by atoms with van der Waals surface area (Å²) in [4.78, 5) is 37.2. The number of carbonyl (C=O) groups is 2. The van der Waals surface area contributed by atoms with Crippen molar-refractivity contribution in [3.63, 3.8) is 0 Å². The number of carbonyl (C=O) groups excluding carboxylic acids is 2. The molecule has 1 aromatic carbocycles. The number of amides is 1. The van der Waals surface area contributed by atoms with Crippen molar-refractivity contribution in [3.8, 4) is 0 Å². The molecule has 2 aliphatic heterocycles. The van der Waals surface area contributed by atoms with Crippen LogP contribution in [0, 0.1) is 6.92 Å². The van der Waals surface area contributed by atoms with E-state index in [0.717, 1.165) is 27.7 Å². The molecule has 0 fully saturated rings. The van der Waals surface area contributed by atoms with Gasteiger partial charge in [0.25, 0.3) is 0 Å². The van der Waals surface area contributed by atoms with E-state index in [4.69, 9.17) is 9.73 Å². The Balaban J connectivity index is 1.63. The lowest BCUT2D eigenvalue weighted by molar-refractivity contribution is -0.150. The smallest absolute Gasteiger partial charge is 0.338 e. The van der Waals surface area contributed by atoms with Crippen LogP contribution in [0.2, 0.25) is 0 Å². The van der Waals surface area contributed by atoms with Crippen molar-refractivity contribution in [2.45, 2.75) is 59.2 Å². The van der Waals surface area contributed by atoms with Crippen molar-refractivity contribution in [2.24, 2.45) is 4.99 Å². The molecule has 0 saturated heterocycles. The Hall–Kier alpha value is -3.39. The van der Waals surface area contributed by atoms with Crippen LogP contribution in [0.15, 0.2) is 76.0 Å². The number of pyridine rings is 1. The van der Waals surface area contributed by atoms with E-state index in [1.807, 2.05) is 81.3 Å². The number of esters is 1. The number of hydrogen-bond acceptors (Lipinski definition) is 7. The number of aryl methyl sites for hydroxylation is 1. The van der Waals surface area contributed by atoms with E-state index in [0.29, 0.717) is 17.8 Å². The maximum atomic E-state index is 13.4. The standard InChI is InChI=1S/C27H30N4O3S/c1-17-9-8-10-19(13-17)24-23(25(33)34-27(3,4)5)18(2)30-26-31(24)21(16-35-26)14-22(32)29-15-20-11-6-7-12-28-20/h6-13,16,24H,14-15H2,1-5H3,(H,29,32). The summed E-state index contributed by atoms with van der Waals surface area (Å²) in [6.07, 6.45) is 1.86. The summed E-state index contributed by atoms with van der Waals surface area (Å²) in [5.74, 6) is -0.531. The van der Waals surface area contributed by atoms with E-state index in [-0.39, 0.29) is 12.3 Å². The first-order valence-corrected chi connectivity index (χ1v) is 12.4. The van der Waals surface area contributed by atoms with Crippen molar-refractivity contribution in [3.05, 3.63) is 87.9 Å². The fourth-order valence-corrected chi connectivity index (χ4v) is 5.00. The highest BCUT2D eigenvalue weighted by atomic mass is 32.2. The molecule has 0 spiro atoms. The minimum atomic E-state index is -0.644. The molecule has 7 nitrogen and oxygen atoms in total. The lowest BCUT2D eigenvalue weighted by atomic mass is 9.92. The molecule has 2 aromatic rings. The molecule has 1 aromatic heterocycles. The van der Waals surface area contributed by atoms with Crippen molar-refractivity contribution < 1.29 is 14.3 Å². The third kappa shape index (κ3) is 5.82. The molecule has 3 heterocycles. The Morgan fingerprint density at radius 2 is 1.94 bits per heavy atom. The molecule has 0 radical (unpaired) electrons. The molecular weight excluding hydrogens is 460 g/mol. The number of aliphatic imine (C=N–C) groups is 1. The van der Waals surface area contributed by atoms with Crippen molar-refractivity contribution >= 4 is 28.8 Å². The van der Waals surface area contributed by atoms with Crippen LogP contribution in [0.3, 0.4) is 0 Å². The lowest BCUT2D eigenvalue weighted by Crippen LogP contribution is -2.39. The Morgan fingerprint density at radius 3 is 2.63 bits per heavy atom. The van der Waals surface area contributed by atoms with Crippen LogP contribution in [0.5, 0.6) is 0 Å². The summed E-state index contributed by atoms with van der Waals surface area (Å²) in [5.41, 5.74) is 4.06. The molecule has 8 heteroatoms. The highest BCUT2D eigenvalue weighted by Crippen LogP contribution is 2.45. The van der Waals surface area contributed by atoms with E-state index in [1.165, 1.54) is 11.8 Å². The first-order valence-electron chi connectivity index (χ1n) is 11.5. The van der Waals surface area contributed by atoms with Gasteiger partial charge in [-0.3, -0.25) is 9.78 Å². The molecule has 1 amide bonds. The topological polar surface area (TPSA) is 83.9 Å². The minimum Gasteiger partial charge on any atom is -0.456 e. The van der Waals surface area contributed by atoms with Crippen LogP contribution in [0.25, 0.3) is 0 Å². The van der Waals surface area contributed by atoms with Crippen LogP contribution < -0.4 is 5.32 Å². The maximum Gasteiger partial charge on any atom is 0.338 e. The van der Waals surface area contributed by atoms with Gasteiger partial charge in [0.15, 0.2) is 5.17 Å². The monoisotopic (exact) mass is 490 g/mol. The molecule has 35 heavy (non-hydrogen) atoms. The zero-order chi connectivity index (χ0) is 25.2. The summed E-state index contributed by atoms with van der Waals surface area (Å²) < 4.78 is 5.78. The highest BCUT2D eigenvalue weighted by molar-refractivity contribution is 8.16. The average molecular weight is 491 g/mol. The molecule has 1 N–H and O–H groups in total. The molecule has 2 aliphatic rings. The van der Waals surface area contributed by atoms with Gasteiger partial charge in [-0.05, 0) is 57.7 Å². The number of nitrogens with one attached hydrogen (secondary N) is 1. The van der Waals surface area contributed by atoms with Gasteiger partial charge in [-0.25, -0.2) is 9.79 Å². The van der Waals surface area contributed by atoms with Crippen LogP contribution in [0.4, 0.5) is 0 Å². The normalized spacial score (nSPS) is 17.5. The lowest BCUT2D eigenvalue weighted by Gasteiger charge is -2.37. The fraction of sp³-hybridized carbons (Fsp3) is 0.333. The second kappa shape index (κ2) is 10.1. The van der Waals surface area contributed by atoms with E-state index in [1.54, 1.807) is 6.20 Å². The maximum absolute atomic E-state index is 13.4. The molecule has 1 atom stereocenters. The van der Waals surface area contributed by atoms with Gasteiger partial charge in [-0.15, -0.1) is 0 Å². The van der Waals surface area contributed by atoms with E-state index in [2.05, 4.69) is 16.4 Å². The van der Waals surface area contributed by atoms with Gasteiger partial charge < -0.3 is 15.0 Å². The van der Waals surface area contributed by atoms with Gasteiger partial charge in [0.1, 0.15) is 5.60 Å². The average Bonchev–Trinajstić information content (AvgIpc) is 3.18. The highest BCUT2D eigenvalue weighted by Gasteiger charge is 2.41. The number of thioether (sulfide) groups is 1. The predicted molar refractivity (Wildman–Crippen MR) is 138 cm³/mol. The van der Waals surface area contributed by atoms with E-state index in [9.17, 15) is 9.59 Å². The van der Waals surface area contributed by atoms with E-state index >= 15 is 0 Å². The summed E-state index contributed by atoms with van der Waals surface area (Å²) in [7, 11) is 0. The number of fused-ring (bicyclic) bond motifs is 1. The summed E-state index contributed by atoms with van der Waals surface area (Å²) in [6, 6.07) is 13.2. The van der Waals surface area contributed by atoms with E-state index < -0.39 is 17.6 Å². The van der Waals surface area contributed by atoms with Gasteiger partial charge in [-0.1, -0.05) is 47.7 Å². The Labute approximate surface area is 210 Å². The molecule has 0 bridgehead atoms. The number of nitrogens with zero attached hydrogens (tertiary/aromatic N) is 3. The second-order valence-electron chi connectivity index (χ2n) is 9.58. The molecular formula is C27H30N4O3S. The quantitative estimate of drug-likeness (QED) is 0.573. The Bertz CT molecular complexity index is 1230. The number of rotatable bonds is 6. The van der Waals surface area contributed by atoms with Gasteiger partial charge in [0.2, 0.25) is 5.91 Å². The number of amidine groups is 1. The van der Waals surface area contributed by atoms with Crippen LogP contribution in [-0.2, 0) is 20.9 Å². The molecule has 4 rings (SSSR count).